The van der Waals surface area contributed by atoms with Crippen molar-refractivity contribution in [1.29, 1.82) is 5.26 Å². The monoisotopic (exact) mass is 387 g/mol. The molecule has 3 rings (SSSR count). The van der Waals surface area contributed by atoms with Gasteiger partial charge in [-0.3, -0.25) is 4.79 Å². The predicted octanol–water partition coefficient (Wildman–Crippen LogP) is 2.18. The van der Waals surface area contributed by atoms with Crippen LogP contribution in [0.5, 0.6) is 11.5 Å². The first-order valence-corrected chi connectivity index (χ1v) is 8.84. The Bertz CT molecular complexity index is 947. The first-order chi connectivity index (χ1) is 13.0. The molecule has 1 atom stereocenters. The van der Waals surface area contributed by atoms with E-state index in [9.17, 15) is 14.9 Å². The van der Waals surface area contributed by atoms with Crippen LogP contribution in [-0.4, -0.2) is 38.6 Å². The van der Waals surface area contributed by atoms with E-state index in [1.54, 1.807) is 18.2 Å². The van der Waals surface area contributed by atoms with Crippen LogP contribution in [0.2, 0.25) is 0 Å². The highest BCUT2D eigenvalue weighted by atomic mass is 32.1. The molecule has 1 aliphatic heterocycles. The average molecular weight is 387 g/mol. The van der Waals surface area contributed by atoms with Crippen LogP contribution in [0.1, 0.15) is 27.2 Å². The quantitative estimate of drug-likeness (QED) is 0.571. The Morgan fingerprint density at radius 3 is 2.78 bits per heavy atom. The van der Waals surface area contributed by atoms with Gasteiger partial charge < -0.3 is 25.3 Å². The molecule has 2 aromatic rings. The average Bonchev–Trinajstić information content (AvgIpc) is 3.23. The van der Waals surface area contributed by atoms with Crippen LogP contribution in [0.25, 0.3) is 0 Å². The van der Waals surface area contributed by atoms with Crippen molar-refractivity contribution in [2.24, 2.45) is 0 Å². The number of nitrogen functional groups attached to an aromatic ring is 1. The number of rotatable bonds is 6. The van der Waals surface area contributed by atoms with Crippen molar-refractivity contribution >= 4 is 33.8 Å². The third-order valence-corrected chi connectivity index (χ3v) is 5.29. The lowest BCUT2D eigenvalue weighted by molar-refractivity contribution is -0.138. The molecule has 0 amide bonds. The lowest BCUT2D eigenvalue weighted by Gasteiger charge is -2.09. The van der Waals surface area contributed by atoms with Crippen molar-refractivity contribution in [1.82, 2.24) is 0 Å². The molecule has 9 heteroatoms. The van der Waals surface area contributed by atoms with Crippen molar-refractivity contribution in [3.05, 3.63) is 34.2 Å². The van der Waals surface area contributed by atoms with Crippen LogP contribution < -0.4 is 20.5 Å². The second kappa shape index (κ2) is 7.55. The maximum atomic E-state index is 13.1. The summed E-state index contributed by atoms with van der Waals surface area (Å²) in [4.78, 5) is 24.9. The largest absolute Gasteiger partial charge is 0.497 e. The molecule has 0 saturated carbocycles. The van der Waals surface area contributed by atoms with Crippen LogP contribution >= 0.6 is 11.3 Å². The molecule has 8 nitrogen and oxygen atoms in total. The highest BCUT2D eigenvalue weighted by Gasteiger charge is 2.30. The van der Waals surface area contributed by atoms with Crippen molar-refractivity contribution in [3.63, 3.8) is 0 Å². The van der Waals surface area contributed by atoms with Gasteiger partial charge in [0.1, 0.15) is 39.1 Å². The number of nitriles is 1. The molecule has 1 aromatic heterocycles. The van der Waals surface area contributed by atoms with Crippen LogP contribution in [0.15, 0.2) is 18.2 Å². The van der Waals surface area contributed by atoms with E-state index in [2.05, 4.69) is 5.32 Å². The van der Waals surface area contributed by atoms with Gasteiger partial charge in [0.15, 0.2) is 0 Å². The van der Waals surface area contributed by atoms with Crippen LogP contribution in [-0.2, 0) is 9.53 Å². The molecule has 2 heterocycles. The Morgan fingerprint density at radius 1 is 1.41 bits per heavy atom. The summed E-state index contributed by atoms with van der Waals surface area (Å²) < 4.78 is 15.3. The Hall–Kier alpha value is -3.25. The number of carbonyl (C=O) groups is 2. The number of ether oxygens (including phenoxy) is 3. The van der Waals surface area contributed by atoms with Crippen molar-refractivity contribution in [2.75, 3.05) is 31.9 Å². The van der Waals surface area contributed by atoms with Gasteiger partial charge in [-0.15, -0.1) is 11.3 Å². The number of cyclic esters (lactones) is 1. The molecule has 3 N–H and O–H groups in total. The maximum Gasteiger partial charge on any atom is 0.328 e. The van der Waals surface area contributed by atoms with Gasteiger partial charge in [0, 0.05) is 6.42 Å². The molecule has 0 aliphatic carbocycles. The molecule has 27 heavy (non-hydrogen) atoms. The number of carbonyl (C=O) groups excluding carboxylic acids is 2. The van der Waals surface area contributed by atoms with Gasteiger partial charge in [-0.05, 0) is 18.2 Å². The molecule has 1 fully saturated rings. The Morgan fingerprint density at radius 2 is 2.19 bits per heavy atom. The number of hydrogen-bond acceptors (Lipinski definition) is 9. The minimum absolute atomic E-state index is 0.0613. The number of nitrogens with one attached hydrogen (secondary N) is 1. The fraction of sp³-hybridized carbons (Fsp3) is 0.278. The predicted molar refractivity (Wildman–Crippen MR) is 99.4 cm³/mol. The molecule has 0 bridgehead atoms. The molecular weight excluding hydrogens is 370 g/mol. The number of nitrogens with zero attached hydrogens (tertiary/aromatic N) is 1. The first kappa shape index (κ1) is 18.5. The molecule has 1 aliphatic rings. The topological polar surface area (TPSA) is 124 Å². The highest BCUT2D eigenvalue weighted by Crippen LogP contribution is 2.39. The number of anilines is 2. The van der Waals surface area contributed by atoms with Gasteiger partial charge in [0.2, 0.25) is 5.78 Å². The number of nitrogens with two attached hydrogens (primary N) is 1. The Kier molecular flexibility index (Phi) is 5.19. The van der Waals surface area contributed by atoms with E-state index in [0.29, 0.717) is 29.5 Å². The number of thiophene rings is 1. The molecule has 0 spiro atoms. The summed E-state index contributed by atoms with van der Waals surface area (Å²) in [5, 5.41) is 12.8. The summed E-state index contributed by atoms with van der Waals surface area (Å²) in [5.41, 5.74) is 6.52. The molecule has 140 valence electrons. The van der Waals surface area contributed by atoms with Gasteiger partial charge in [-0.25, -0.2) is 4.79 Å². The second-order valence-corrected chi connectivity index (χ2v) is 6.73. The van der Waals surface area contributed by atoms with Gasteiger partial charge in [-0.2, -0.15) is 5.26 Å². The van der Waals surface area contributed by atoms with E-state index in [4.69, 9.17) is 19.9 Å². The number of ketones is 1. The normalized spacial score (nSPS) is 15.7. The summed E-state index contributed by atoms with van der Waals surface area (Å²) in [6.07, 6.45) is 0.481. The minimum atomic E-state index is -0.565. The van der Waals surface area contributed by atoms with Crippen LogP contribution in [0, 0.1) is 11.3 Å². The van der Waals surface area contributed by atoms with Crippen molar-refractivity contribution < 1.29 is 23.8 Å². The zero-order chi connectivity index (χ0) is 19.6. The maximum absolute atomic E-state index is 13.1. The standard InChI is InChI=1S/C18H17N3O5S/c1-24-9-3-4-13(25-2)10(7-9)15(22)16-14(20)11(8-19)17(27-16)21-12-5-6-26-18(12)23/h3-4,7,12,21H,5-6,20H2,1-2H3. The van der Waals surface area contributed by atoms with E-state index in [1.807, 2.05) is 6.07 Å². The fourth-order valence-electron chi connectivity index (χ4n) is 2.72. The highest BCUT2D eigenvalue weighted by molar-refractivity contribution is 7.19. The van der Waals surface area contributed by atoms with E-state index < -0.39 is 17.8 Å². The summed E-state index contributed by atoms with van der Waals surface area (Å²) in [5.74, 6) is 0.0582. The van der Waals surface area contributed by atoms with Gasteiger partial charge in [0.25, 0.3) is 0 Å². The Labute approximate surface area is 159 Å². The molecule has 1 unspecified atom stereocenters. The third-order valence-electron chi connectivity index (χ3n) is 4.16. The lowest BCUT2D eigenvalue weighted by Crippen LogP contribution is -2.24. The van der Waals surface area contributed by atoms with Crippen molar-refractivity contribution in [3.8, 4) is 17.6 Å². The van der Waals surface area contributed by atoms with Gasteiger partial charge >= 0.3 is 5.97 Å². The number of hydrogen-bond donors (Lipinski definition) is 2. The summed E-state index contributed by atoms with van der Waals surface area (Å²) in [6.45, 7) is 0.312. The summed E-state index contributed by atoms with van der Waals surface area (Å²) in [6, 6.07) is 6.27. The number of benzene rings is 1. The summed E-state index contributed by atoms with van der Waals surface area (Å²) in [7, 11) is 2.95. The molecule has 1 aromatic carbocycles. The van der Waals surface area contributed by atoms with E-state index >= 15 is 0 Å². The zero-order valence-electron chi connectivity index (χ0n) is 14.7. The lowest BCUT2D eigenvalue weighted by atomic mass is 10.1. The molecule has 0 radical (unpaired) electrons. The van der Waals surface area contributed by atoms with Crippen molar-refractivity contribution in [2.45, 2.75) is 12.5 Å². The zero-order valence-corrected chi connectivity index (χ0v) is 15.5. The van der Waals surface area contributed by atoms with E-state index in [1.165, 1.54) is 14.2 Å². The van der Waals surface area contributed by atoms with Crippen LogP contribution in [0.4, 0.5) is 10.7 Å². The van der Waals surface area contributed by atoms with E-state index in [-0.39, 0.29) is 21.7 Å². The fourth-order valence-corrected chi connectivity index (χ4v) is 3.80. The third kappa shape index (κ3) is 3.39. The number of methoxy groups -OCH3 is 2. The van der Waals surface area contributed by atoms with Crippen LogP contribution in [0.3, 0.4) is 0 Å². The smallest absolute Gasteiger partial charge is 0.328 e. The Balaban J connectivity index is 2.01. The molecule has 1 saturated heterocycles. The van der Waals surface area contributed by atoms with Gasteiger partial charge in [-0.1, -0.05) is 0 Å². The SMILES string of the molecule is COc1ccc(OC)c(C(=O)c2sc(NC3CCOC3=O)c(C#N)c2N)c1. The first-order valence-electron chi connectivity index (χ1n) is 8.02. The van der Waals surface area contributed by atoms with E-state index in [0.717, 1.165) is 11.3 Å². The second-order valence-electron chi connectivity index (χ2n) is 5.71. The molecular formula is C18H17N3O5S. The number of esters is 1. The minimum Gasteiger partial charge on any atom is -0.497 e. The summed E-state index contributed by atoms with van der Waals surface area (Å²) >= 11 is 1.02. The van der Waals surface area contributed by atoms with Gasteiger partial charge in [0.05, 0.1) is 32.1 Å².